The molecule has 10 nitrogen and oxygen atoms in total. The van der Waals surface area contributed by atoms with E-state index in [1.807, 2.05) is 4.90 Å². The number of amides is 1. The van der Waals surface area contributed by atoms with E-state index in [4.69, 9.17) is 22.1 Å². The van der Waals surface area contributed by atoms with Crippen molar-refractivity contribution in [3.8, 4) is 23.3 Å². The number of carbonyl (C=O) groups is 1. The molecule has 0 saturated carbocycles. The molecule has 0 spiro atoms. The maximum absolute atomic E-state index is 16.5. The van der Waals surface area contributed by atoms with Gasteiger partial charge in [0.1, 0.15) is 29.8 Å². The molecule has 1 amide bonds. The van der Waals surface area contributed by atoms with Gasteiger partial charge in [-0.05, 0) is 32.4 Å². The van der Waals surface area contributed by atoms with Crippen LogP contribution in [0.2, 0.25) is 5.02 Å². The van der Waals surface area contributed by atoms with Crippen molar-refractivity contribution in [2.45, 2.75) is 62.6 Å². The molecule has 1 aromatic carbocycles. The standard InChI is InChI=1S/C33H34ClF5N8O2/c1-19(41)6-7-25(48)47-13-12-45(17-21(47)8-10-40)30-23-15-42-28(22-4-2-5-24(34)26(22)33(37,38)39)27(36)29(23)43-31(44-30)49-18-32-9-3-11-46(32)16-20(35)14-32/h2,4-7,15,19-21H,3,8-9,11-14,16-18,41H2,1H3/b7-6+/t19-,20+,21-,32-/m0/s1. The first-order valence-electron chi connectivity index (χ1n) is 15.9. The number of halogens is 6. The summed E-state index contributed by atoms with van der Waals surface area (Å²) in [5, 5.41) is 9.05. The predicted octanol–water partition coefficient (Wildman–Crippen LogP) is 5.29. The van der Waals surface area contributed by atoms with Gasteiger partial charge in [-0.25, -0.2) is 8.78 Å². The average Bonchev–Trinajstić information content (AvgIpc) is 3.57. The maximum Gasteiger partial charge on any atom is 0.418 e. The molecule has 5 heterocycles. The lowest BCUT2D eigenvalue weighted by Gasteiger charge is -2.41. The fourth-order valence-corrected chi connectivity index (χ4v) is 7.40. The van der Waals surface area contributed by atoms with E-state index in [1.165, 1.54) is 18.3 Å². The zero-order chi connectivity index (χ0) is 35.1. The van der Waals surface area contributed by atoms with Crippen molar-refractivity contribution >= 4 is 34.2 Å². The SMILES string of the molecule is C[C@H](N)/C=C/C(=O)N1CCN(c2nc(OC[C@@]34CCCN3C[C@H](F)C4)nc3c(F)c(-c4cccc(Cl)c4C(F)(F)F)ncc23)C[C@@H]1CC#N. The average molecular weight is 705 g/mol. The summed E-state index contributed by atoms with van der Waals surface area (Å²) in [5.74, 6) is -1.31. The van der Waals surface area contributed by atoms with Gasteiger partial charge in [0.05, 0.1) is 40.0 Å². The Labute approximate surface area is 284 Å². The summed E-state index contributed by atoms with van der Waals surface area (Å²) in [6.07, 6.45) is -0.0462. The highest BCUT2D eigenvalue weighted by Crippen LogP contribution is 2.43. The van der Waals surface area contributed by atoms with Crippen LogP contribution in [0.4, 0.5) is 27.8 Å². The Morgan fingerprint density at radius 3 is 2.80 bits per heavy atom. The van der Waals surface area contributed by atoms with E-state index in [9.17, 15) is 27.6 Å². The second kappa shape index (κ2) is 13.6. The Hall–Kier alpha value is -4.13. The first kappa shape index (κ1) is 34.7. The fraction of sp³-hybridized carbons (Fsp3) is 0.485. The highest BCUT2D eigenvalue weighted by Gasteiger charge is 2.49. The van der Waals surface area contributed by atoms with Gasteiger partial charge < -0.3 is 20.3 Å². The van der Waals surface area contributed by atoms with Crippen LogP contribution in [-0.2, 0) is 11.0 Å². The Bertz CT molecular complexity index is 1820. The molecule has 0 aliphatic carbocycles. The van der Waals surface area contributed by atoms with Crippen molar-refractivity contribution in [3.63, 3.8) is 0 Å². The number of aromatic nitrogens is 3. The fourth-order valence-electron chi connectivity index (χ4n) is 7.12. The smallest absolute Gasteiger partial charge is 0.418 e. The summed E-state index contributed by atoms with van der Waals surface area (Å²) in [6.45, 7) is 3.24. The largest absolute Gasteiger partial charge is 0.461 e. The summed E-state index contributed by atoms with van der Waals surface area (Å²) >= 11 is 5.94. The van der Waals surface area contributed by atoms with Crippen LogP contribution in [0, 0.1) is 17.1 Å². The lowest BCUT2D eigenvalue weighted by molar-refractivity contribution is -0.137. The molecule has 3 aliphatic rings. The summed E-state index contributed by atoms with van der Waals surface area (Å²) in [4.78, 5) is 31.4. The highest BCUT2D eigenvalue weighted by molar-refractivity contribution is 6.31. The van der Waals surface area contributed by atoms with E-state index in [1.54, 1.807) is 22.8 Å². The molecule has 3 fully saturated rings. The first-order valence-corrected chi connectivity index (χ1v) is 16.3. The number of nitrogens with zero attached hydrogens (tertiary/aromatic N) is 7. The van der Waals surface area contributed by atoms with E-state index in [-0.39, 0.29) is 80.3 Å². The van der Waals surface area contributed by atoms with Crippen molar-refractivity contribution in [1.29, 1.82) is 5.26 Å². The number of nitriles is 1. The van der Waals surface area contributed by atoms with Gasteiger partial charge >= 0.3 is 12.2 Å². The molecule has 3 aromatic rings. The summed E-state index contributed by atoms with van der Waals surface area (Å²) in [7, 11) is 0. The highest BCUT2D eigenvalue weighted by atomic mass is 35.5. The van der Waals surface area contributed by atoms with Crippen molar-refractivity contribution in [2.75, 3.05) is 44.2 Å². The number of nitrogens with two attached hydrogens (primary N) is 1. The van der Waals surface area contributed by atoms with Crippen LogP contribution in [-0.4, -0.2) is 93.8 Å². The third-order valence-corrected chi connectivity index (χ3v) is 9.68. The van der Waals surface area contributed by atoms with Crippen LogP contribution < -0.4 is 15.4 Å². The number of rotatable bonds is 8. The normalized spacial score (nSPS) is 23.7. The van der Waals surface area contributed by atoms with Crippen molar-refractivity contribution in [1.82, 2.24) is 24.8 Å². The number of piperazine rings is 1. The summed E-state index contributed by atoms with van der Waals surface area (Å²) < 4.78 is 79.3. The lowest BCUT2D eigenvalue weighted by Crippen LogP contribution is -2.55. The maximum atomic E-state index is 16.5. The number of anilines is 1. The van der Waals surface area contributed by atoms with Crippen molar-refractivity contribution in [2.24, 2.45) is 5.73 Å². The molecule has 49 heavy (non-hydrogen) atoms. The Balaban J connectivity index is 1.43. The van der Waals surface area contributed by atoms with E-state index in [0.717, 1.165) is 18.6 Å². The first-order chi connectivity index (χ1) is 23.3. The number of fused-ring (bicyclic) bond motifs is 2. The zero-order valence-corrected chi connectivity index (χ0v) is 27.3. The van der Waals surface area contributed by atoms with Crippen LogP contribution in [0.25, 0.3) is 22.2 Å². The van der Waals surface area contributed by atoms with Crippen LogP contribution in [0.15, 0.2) is 36.5 Å². The molecule has 16 heteroatoms. The molecule has 2 aromatic heterocycles. The number of benzene rings is 1. The third-order valence-electron chi connectivity index (χ3n) is 9.36. The second-order valence-electron chi connectivity index (χ2n) is 12.7. The molecule has 6 rings (SSSR count). The van der Waals surface area contributed by atoms with Crippen molar-refractivity contribution in [3.05, 3.63) is 53.0 Å². The van der Waals surface area contributed by atoms with E-state index < -0.39 is 51.6 Å². The summed E-state index contributed by atoms with van der Waals surface area (Å²) in [6, 6.07) is 4.32. The van der Waals surface area contributed by atoms with Gasteiger partial charge in [-0.3, -0.25) is 14.7 Å². The minimum absolute atomic E-state index is 0.0187. The number of hydrogen-bond acceptors (Lipinski definition) is 9. The van der Waals surface area contributed by atoms with Gasteiger partial charge in [0.15, 0.2) is 5.82 Å². The summed E-state index contributed by atoms with van der Waals surface area (Å²) in [5.41, 5.74) is 2.41. The van der Waals surface area contributed by atoms with E-state index >= 15 is 4.39 Å². The van der Waals surface area contributed by atoms with Gasteiger partial charge in [-0.1, -0.05) is 29.8 Å². The number of hydrogen-bond donors (Lipinski definition) is 1. The number of alkyl halides is 4. The molecule has 0 bridgehead atoms. The Morgan fingerprint density at radius 1 is 1.27 bits per heavy atom. The van der Waals surface area contributed by atoms with Crippen LogP contribution in [0.1, 0.15) is 38.2 Å². The van der Waals surface area contributed by atoms with Crippen molar-refractivity contribution < 1.29 is 31.5 Å². The van der Waals surface area contributed by atoms with Gasteiger partial charge in [-0.15, -0.1) is 0 Å². The number of ether oxygens (including phenoxy) is 1. The van der Waals surface area contributed by atoms with Gasteiger partial charge in [0, 0.05) is 56.5 Å². The van der Waals surface area contributed by atoms with E-state index in [0.29, 0.717) is 13.0 Å². The Kier molecular flexibility index (Phi) is 9.67. The van der Waals surface area contributed by atoms with Gasteiger partial charge in [-0.2, -0.15) is 28.4 Å². The quantitative estimate of drug-likeness (QED) is 0.246. The third kappa shape index (κ3) is 6.86. The molecular formula is C33H34ClF5N8O2. The molecule has 4 atom stereocenters. The molecule has 3 saturated heterocycles. The van der Waals surface area contributed by atoms with Crippen LogP contribution >= 0.6 is 11.6 Å². The predicted molar refractivity (Wildman–Crippen MR) is 172 cm³/mol. The minimum Gasteiger partial charge on any atom is -0.461 e. The topological polar surface area (TPSA) is 124 Å². The number of carbonyl (C=O) groups excluding carboxylic acids is 1. The van der Waals surface area contributed by atoms with Gasteiger partial charge in [0.2, 0.25) is 5.91 Å². The monoisotopic (exact) mass is 704 g/mol. The second-order valence-corrected chi connectivity index (χ2v) is 13.2. The number of pyridine rings is 1. The van der Waals surface area contributed by atoms with E-state index in [2.05, 4.69) is 21.0 Å². The molecule has 0 radical (unpaired) electrons. The molecule has 260 valence electrons. The molecule has 0 unspecified atom stereocenters. The van der Waals surface area contributed by atoms with Crippen LogP contribution in [0.5, 0.6) is 6.01 Å². The van der Waals surface area contributed by atoms with Crippen LogP contribution in [0.3, 0.4) is 0 Å². The van der Waals surface area contributed by atoms with Gasteiger partial charge in [0.25, 0.3) is 0 Å². The molecule has 3 aliphatic heterocycles. The Morgan fingerprint density at radius 2 is 2.06 bits per heavy atom. The minimum atomic E-state index is -4.91. The molecular weight excluding hydrogens is 671 g/mol. The molecule has 2 N–H and O–H groups in total. The zero-order valence-electron chi connectivity index (χ0n) is 26.6. The lowest BCUT2D eigenvalue weighted by atomic mass is 9.95.